The van der Waals surface area contributed by atoms with E-state index in [2.05, 4.69) is 16.8 Å². The number of hydrogen-bond donors (Lipinski definition) is 1. The van der Waals surface area contributed by atoms with Crippen LogP contribution in [0, 0.1) is 6.92 Å². The number of nitrogens with zero attached hydrogens (tertiary/aromatic N) is 3. The SMILES string of the molecule is CCOc1ccc(-c2nc(N3CCN(C)CC3)sc2CC(=O)O)c(C)c1. The molecule has 0 spiro atoms. The highest BCUT2D eigenvalue weighted by atomic mass is 32.1. The van der Waals surface area contributed by atoms with Crippen molar-refractivity contribution in [1.29, 1.82) is 0 Å². The molecule has 1 aliphatic rings. The Morgan fingerprint density at radius 1 is 1.31 bits per heavy atom. The summed E-state index contributed by atoms with van der Waals surface area (Å²) in [6, 6.07) is 5.89. The van der Waals surface area contributed by atoms with Gasteiger partial charge in [-0.1, -0.05) is 0 Å². The first kappa shape index (κ1) is 18.7. The van der Waals surface area contributed by atoms with E-state index < -0.39 is 5.97 Å². The first-order valence-corrected chi connectivity index (χ1v) is 9.68. The van der Waals surface area contributed by atoms with Crippen LogP contribution < -0.4 is 9.64 Å². The Balaban J connectivity index is 1.95. The molecule has 0 amide bonds. The monoisotopic (exact) mass is 375 g/mol. The zero-order chi connectivity index (χ0) is 18.7. The van der Waals surface area contributed by atoms with Crippen molar-refractivity contribution < 1.29 is 14.6 Å². The highest BCUT2D eigenvalue weighted by molar-refractivity contribution is 7.16. The van der Waals surface area contributed by atoms with Crippen molar-refractivity contribution >= 4 is 22.4 Å². The summed E-state index contributed by atoms with van der Waals surface area (Å²) in [5.74, 6) is -0.00790. The largest absolute Gasteiger partial charge is 0.494 e. The van der Waals surface area contributed by atoms with Gasteiger partial charge in [0.1, 0.15) is 5.75 Å². The quantitative estimate of drug-likeness (QED) is 0.837. The summed E-state index contributed by atoms with van der Waals surface area (Å²) in [6.45, 7) is 8.40. The first-order chi connectivity index (χ1) is 12.5. The van der Waals surface area contributed by atoms with Gasteiger partial charge in [0.15, 0.2) is 5.13 Å². The van der Waals surface area contributed by atoms with Gasteiger partial charge in [0.25, 0.3) is 0 Å². The fraction of sp³-hybridized carbons (Fsp3) is 0.474. The Labute approximate surface area is 158 Å². The van der Waals surface area contributed by atoms with Crippen LogP contribution >= 0.6 is 11.3 Å². The average Bonchev–Trinajstić information content (AvgIpc) is 2.99. The topological polar surface area (TPSA) is 65.9 Å². The Morgan fingerprint density at radius 2 is 2.04 bits per heavy atom. The number of aromatic nitrogens is 1. The molecule has 1 aromatic carbocycles. The van der Waals surface area contributed by atoms with Gasteiger partial charge in [0, 0.05) is 36.6 Å². The van der Waals surface area contributed by atoms with Gasteiger partial charge in [-0.05, 0) is 44.7 Å². The predicted octanol–water partition coefficient (Wildman–Crippen LogP) is 2.90. The van der Waals surface area contributed by atoms with Gasteiger partial charge in [-0.15, -0.1) is 11.3 Å². The van der Waals surface area contributed by atoms with Gasteiger partial charge >= 0.3 is 5.97 Å². The number of aliphatic carboxylic acids is 1. The molecule has 140 valence electrons. The third-order valence-electron chi connectivity index (χ3n) is 4.54. The minimum atomic E-state index is -0.830. The highest BCUT2D eigenvalue weighted by Gasteiger charge is 2.22. The van der Waals surface area contributed by atoms with Crippen LogP contribution in [-0.2, 0) is 11.2 Å². The minimum absolute atomic E-state index is 0.00655. The Kier molecular flexibility index (Phi) is 5.78. The third kappa shape index (κ3) is 4.16. The van der Waals surface area contributed by atoms with Crippen LogP contribution in [0.2, 0.25) is 0 Å². The molecule has 3 rings (SSSR count). The lowest BCUT2D eigenvalue weighted by atomic mass is 10.0. The van der Waals surface area contributed by atoms with Crippen LogP contribution in [0.25, 0.3) is 11.3 Å². The van der Waals surface area contributed by atoms with Crippen LogP contribution in [0.3, 0.4) is 0 Å². The molecule has 1 aromatic heterocycles. The zero-order valence-electron chi connectivity index (χ0n) is 15.5. The number of carbonyl (C=O) groups is 1. The second-order valence-corrected chi connectivity index (χ2v) is 7.60. The molecule has 1 fully saturated rings. The number of thiazole rings is 1. The van der Waals surface area contributed by atoms with Crippen molar-refractivity contribution in [3.8, 4) is 17.0 Å². The molecule has 6 nitrogen and oxygen atoms in total. The van der Waals surface area contributed by atoms with Crippen molar-refractivity contribution in [2.24, 2.45) is 0 Å². The average molecular weight is 375 g/mol. The molecule has 0 unspecified atom stereocenters. The number of hydrogen-bond acceptors (Lipinski definition) is 6. The van der Waals surface area contributed by atoms with Crippen LogP contribution in [-0.4, -0.2) is 60.8 Å². The second-order valence-electron chi connectivity index (χ2n) is 6.54. The van der Waals surface area contributed by atoms with E-state index in [4.69, 9.17) is 9.72 Å². The predicted molar refractivity (Wildman–Crippen MR) is 105 cm³/mol. The van der Waals surface area contributed by atoms with Gasteiger partial charge in [0.2, 0.25) is 0 Å². The van der Waals surface area contributed by atoms with E-state index in [0.717, 1.165) is 58.8 Å². The molecule has 1 N–H and O–H groups in total. The summed E-state index contributed by atoms with van der Waals surface area (Å²) >= 11 is 1.50. The normalized spacial score (nSPS) is 15.3. The molecule has 0 atom stereocenters. The van der Waals surface area contributed by atoms with E-state index in [1.165, 1.54) is 11.3 Å². The van der Waals surface area contributed by atoms with Gasteiger partial charge in [-0.25, -0.2) is 4.98 Å². The number of piperazine rings is 1. The van der Waals surface area contributed by atoms with E-state index >= 15 is 0 Å². The molecule has 0 bridgehead atoms. The maximum absolute atomic E-state index is 11.3. The van der Waals surface area contributed by atoms with E-state index in [0.29, 0.717) is 6.61 Å². The summed E-state index contributed by atoms with van der Waals surface area (Å²) in [5, 5.41) is 10.2. The summed E-state index contributed by atoms with van der Waals surface area (Å²) in [5.41, 5.74) is 2.80. The van der Waals surface area contributed by atoms with Crippen LogP contribution in [0.1, 0.15) is 17.4 Å². The molecular formula is C19H25N3O3S. The molecule has 0 aliphatic carbocycles. The van der Waals surface area contributed by atoms with Crippen LogP contribution in [0.4, 0.5) is 5.13 Å². The minimum Gasteiger partial charge on any atom is -0.494 e. The van der Waals surface area contributed by atoms with Crippen LogP contribution in [0.15, 0.2) is 18.2 Å². The van der Waals surface area contributed by atoms with E-state index in [1.807, 2.05) is 32.0 Å². The molecule has 1 saturated heterocycles. The van der Waals surface area contributed by atoms with Crippen molar-refractivity contribution in [2.75, 3.05) is 44.7 Å². The molecular weight excluding hydrogens is 350 g/mol. The molecule has 26 heavy (non-hydrogen) atoms. The van der Waals surface area contributed by atoms with Gasteiger partial charge < -0.3 is 19.6 Å². The number of anilines is 1. The first-order valence-electron chi connectivity index (χ1n) is 8.86. The number of likely N-dealkylation sites (N-methyl/N-ethyl adjacent to an activating group) is 1. The summed E-state index contributed by atoms with van der Waals surface area (Å²) < 4.78 is 5.56. The Hall–Kier alpha value is -2.12. The Bertz CT molecular complexity index is 782. The number of aryl methyl sites for hydroxylation is 1. The molecule has 1 aliphatic heterocycles. The molecule has 2 aromatic rings. The van der Waals surface area contributed by atoms with Crippen molar-refractivity contribution in [3.63, 3.8) is 0 Å². The summed E-state index contributed by atoms with van der Waals surface area (Å²) in [6.07, 6.45) is -0.00655. The standard InChI is InChI=1S/C19H25N3O3S/c1-4-25-14-5-6-15(13(2)11-14)18-16(12-17(23)24)26-19(20-18)22-9-7-21(3)8-10-22/h5-6,11H,4,7-10,12H2,1-3H3,(H,23,24). The van der Waals surface area contributed by atoms with Crippen molar-refractivity contribution in [1.82, 2.24) is 9.88 Å². The Morgan fingerprint density at radius 3 is 2.65 bits per heavy atom. The van der Waals surface area contributed by atoms with Crippen molar-refractivity contribution in [2.45, 2.75) is 20.3 Å². The highest BCUT2D eigenvalue weighted by Crippen LogP contribution is 2.36. The summed E-state index contributed by atoms with van der Waals surface area (Å²) in [7, 11) is 2.11. The molecule has 2 heterocycles. The maximum Gasteiger partial charge on any atom is 0.308 e. The lowest BCUT2D eigenvalue weighted by molar-refractivity contribution is -0.136. The number of carboxylic acids is 1. The van der Waals surface area contributed by atoms with Gasteiger partial charge in [-0.2, -0.15) is 0 Å². The number of benzene rings is 1. The number of carboxylic acid groups (broad SMARTS) is 1. The van der Waals surface area contributed by atoms with Gasteiger partial charge in [-0.3, -0.25) is 4.79 Å². The molecule has 0 radical (unpaired) electrons. The lowest BCUT2D eigenvalue weighted by Gasteiger charge is -2.32. The van der Waals surface area contributed by atoms with E-state index in [-0.39, 0.29) is 6.42 Å². The number of rotatable bonds is 6. The second kappa shape index (κ2) is 8.05. The molecule has 7 heteroatoms. The van der Waals surface area contributed by atoms with Crippen LogP contribution in [0.5, 0.6) is 5.75 Å². The van der Waals surface area contributed by atoms with E-state index in [9.17, 15) is 9.90 Å². The lowest BCUT2D eigenvalue weighted by Crippen LogP contribution is -2.44. The fourth-order valence-electron chi connectivity index (χ4n) is 3.10. The summed E-state index contributed by atoms with van der Waals surface area (Å²) in [4.78, 5) is 21.5. The van der Waals surface area contributed by atoms with Crippen molar-refractivity contribution in [3.05, 3.63) is 28.6 Å². The number of ether oxygens (including phenoxy) is 1. The fourth-order valence-corrected chi connectivity index (χ4v) is 4.22. The van der Waals surface area contributed by atoms with Gasteiger partial charge in [0.05, 0.1) is 18.7 Å². The smallest absolute Gasteiger partial charge is 0.308 e. The van der Waals surface area contributed by atoms with E-state index in [1.54, 1.807) is 0 Å². The zero-order valence-corrected chi connectivity index (χ0v) is 16.3. The maximum atomic E-state index is 11.3. The third-order valence-corrected chi connectivity index (χ3v) is 5.65. The molecule has 0 saturated carbocycles.